The lowest BCUT2D eigenvalue weighted by Crippen LogP contribution is -2.27. The predicted octanol–water partition coefficient (Wildman–Crippen LogP) is 5.28. The van der Waals surface area contributed by atoms with Crippen LogP contribution < -0.4 is 9.64 Å². The van der Waals surface area contributed by atoms with Crippen molar-refractivity contribution in [3.8, 4) is 18.1 Å². The Balaban J connectivity index is 1.69. The molecular weight excluding hydrogens is 375 g/mol. The van der Waals surface area contributed by atoms with Crippen LogP contribution in [0.4, 0.5) is 10.1 Å². The zero-order valence-electron chi connectivity index (χ0n) is 15.7. The fraction of sp³-hybridized carbons (Fsp3) is 0.273. The summed E-state index contributed by atoms with van der Waals surface area (Å²) in [5.41, 5.74) is 3.24. The molecule has 0 N–H and O–H groups in total. The molecule has 1 aromatic heterocycles. The van der Waals surface area contributed by atoms with Gasteiger partial charge in [0.1, 0.15) is 0 Å². The third-order valence-electron chi connectivity index (χ3n) is 4.41. The number of hydrogen-bond acceptors (Lipinski definition) is 4. The summed E-state index contributed by atoms with van der Waals surface area (Å²) in [7, 11) is 1.56. The molecule has 4 nitrogen and oxygen atoms in total. The van der Waals surface area contributed by atoms with Crippen molar-refractivity contribution in [1.29, 1.82) is 0 Å². The van der Waals surface area contributed by atoms with Gasteiger partial charge in [0.25, 0.3) is 5.91 Å². The minimum atomic E-state index is -0.541. The van der Waals surface area contributed by atoms with Crippen molar-refractivity contribution in [3.63, 3.8) is 0 Å². The van der Waals surface area contributed by atoms with Crippen LogP contribution in [0.25, 0.3) is 10.2 Å². The van der Waals surface area contributed by atoms with E-state index in [0.717, 1.165) is 35.9 Å². The van der Waals surface area contributed by atoms with Gasteiger partial charge in [-0.25, -0.2) is 9.37 Å². The summed E-state index contributed by atoms with van der Waals surface area (Å²) in [6, 6.07) is 10.1. The molecule has 3 aromatic rings. The van der Waals surface area contributed by atoms with E-state index in [9.17, 15) is 9.18 Å². The fourth-order valence-corrected chi connectivity index (χ4v) is 3.57. The number of carbonyl (C=O) groups excluding carboxylic acids is 1. The number of carbonyl (C=O) groups is 1. The number of rotatable bonds is 8. The van der Waals surface area contributed by atoms with Gasteiger partial charge in [-0.05, 0) is 49.6 Å². The second-order valence-electron chi connectivity index (χ2n) is 6.35. The average molecular weight is 396 g/mol. The van der Waals surface area contributed by atoms with E-state index in [2.05, 4.69) is 10.9 Å². The van der Waals surface area contributed by atoms with Gasteiger partial charge in [0.05, 0.1) is 28.0 Å². The molecule has 2 aromatic carbocycles. The van der Waals surface area contributed by atoms with Crippen LogP contribution in [-0.4, -0.2) is 24.5 Å². The van der Waals surface area contributed by atoms with Gasteiger partial charge in [0.2, 0.25) is 0 Å². The van der Waals surface area contributed by atoms with Crippen LogP contribution >= 0.6 is 11.3 Å². The predicted molar refractivity (Wildman–Crippen MR) is 112 cm³/mol. The zero-order chi connectivity index (χ0) is 19.9. The summed E-state index contributed by atoms with van der Waals surface area (Å²) in [6.07, 6.45) is 8.63. The van der Waals surface area contributed by atoms with Crippen LogP contribution in [0.1, 0.15) is 36.0 Å². The standard InChI is InChI=1S/C22H21FN2O2S/c1-3-4-5-6-7-13-27-19-10-8-9-18(21(19)23)25(2)22(26)16-11-12-17-20(14-16)28-15-24-17/h1,8-12,14-15H,4-7,13H2,2H3. The van der Waals surface area contributed by atoms with E-state index in [1.807, 2.05) is 0 Å². The van der Waals surface area contributed by atoms with E-state index >= 15 is 0 Å². The second kappa shape index (κ2) is 9.34. The lowest BCUT2D eigenvalue weighted by Gasteiger charge is -2.19. The highest BCUT2D eigenvalue weighted by Gasteiger charge is 2.19. The molecule has 0 aliphatic rings. The van der Waals surface area contributed by atoms with E-state index in [1.165, 1.54) is 16.2 Å². The van der Waals surface area contributed by atoms with E-state index in [-0.39, 0.29) is 17.3 Å². The van der Waals surface area contributed by atoms with Gasteiger partial charge < -0.3 is 9.64 Å². The number of anilines is 1. The first-order chi connectivity index (χ1) is 13.6. The maximum absolute atomic E-state index is 14.9. The molecule has 3 rings (SSSR count). The van der Waals surface area contributed by atoms with E-state index < -0.39 is 5.82 Å². The molecule has 1 amide bonds. The van der Waals surface area contributed by atoms with Crippen LogP contribution in [0.5, 0.6) is 5.75 Å². The van der Waals surface area contributed by atoms with Crippen molar-refractivity contribution in [3.05, 3.63) is 53.3 Å². The van der Waals surface area contributed by atoms with E-state index in [4.69, 9.17) is 11.2 Å². The molecule has 0 unspecified atom stereocenters. The summed E-state index contributed by atoms with van der Waals surface area (Å²) in [6.45, 7) is 0.407. The van der Waals surface area contributed by atoms with Crippen molar-refractivity contribution in [2.24, 2.45) is 0 Å². The molecule has 0 atom stereocenters. The molecule has 6 heteroatoms. The number of nitrogens with zero attached hydrogens (tertiary/aromatic N) is 2. The second-order valence-corrected chi connectivity index (χ2v) is 7.24. The third-order valence-corrected chi connectivity index (χ3v) is 5.20. The summed E-state index contributed by atoms with van der Waals surface area (Å²) in [5, 5.41) is 0. The Labute approximate surface area is 168 Å². The van der Waals surface area contributed by atoms with Crippen LogP contribution in [-0.2, 0) is 0 Å². The summed E-state index contributed by atoms with van der Waals surface area (Å²) in [5.74, 6) is 1.91. The first kappa shape index (κ1) is 19.8. The van der Waals surface area contributed by atoms with Gasteiger partial charge >= 0.3 is 0 Å². The number of ether oxygens (including phenoxy) is 1. The number of benzene rings is 2. The number of hydrogen-bond donors (Lipinski definition) is 0. The smallest absolute Gasteiger partial charge is 0.258 e. The van der Waals surface area contributed by atoms with Gasteiger partial charge in [0, 0.05) is 19.0 Å². The van der Waals surface area contributed by atoms with E-state index in [0.29, 0.717) is 12.2 Å². The van der Waals surface area contributed by atoms with Gasteiger partial charge in [0.15, 0.2) is 11.6 Å². The van der Waals surface area contributed by atoms with Crippen molar-refractivity contribution >= 4 is 33.1 Å². The molecule has 0 fully saturated rings. The highest BCUT2D eigenvalue weighted by molar-refractivity contribution is 7.16. The molecule has 0 spiro atoms. The fourth-order valence-electron chi connectivity index (χ4n) is 2.85. The first-order valence-corrected chi connectivity index (χ1v) is 9.96. The SMILES string of the molecule is C#CCCCCCOc1cccc(N(C)C(=O)c2ccc3ncsc3c2)c1F. The Morgan fingerprint density at radius 2 is 2.14 bits per heavy atom. The quantitative estimate of drug-likeness (QED) is 0.384. The van der Waals surface area contributed by atoms with Crippen molar-refractivity contribution in [1.82, 2.24) is 4.98 Å². The lowest BCUT2D eigenvalue weighted by molar-refractivity contribution is 0.0992. The molecule has 144 valence electrons. The largest absolute Gasteiger partial charge is 0.490 e. The Morgan fingerprint density at radius 3 is 2.96 bits per heavy atom. The first-order valence-electron chi connectivity index (χ1n) is 9.08. The van der Waals surface area contributed by atoms with Gasteiger partial charge in [-0.15, -0.1) is 23.7 Å². The van der Waals surface area contributed by atoms with Crippen molar-refractivity contribution in [2.75, 3.05) is 18.6 Å². The van der Waals surface area contributed by atoms with Crippen molar-refractivity contribution in [2.45, 2.75) is 25.7 Å². The maximum Gasteiger partial charge on any atom is 0.258 e. The minimum Gasteiger partial charge on any atom is -0.490 e. The van der Waals surface area contributed by atoms with Gasteiger partial charge in [-0.2, -0.15) is 0 Å². The third kappa shape index (κ3) is 4.49. The molecule has 1 heterocycles. The topological polar surface area (TPSA) is 42.4 Å². The number of halogens is 1. The molecule has 28 heavy (non-hydrogen) atoms. The molecule has 0 bridgehead atoms. The summed E-state index contributed by atoms with van der Waals surface area (Å²) >= 11 is 1.46. The summed E-state index contributed by atoms with van der Waals surface area (Å²) in [4.78, 5) is 18.3. The van der Waals surface area contributed by atoms with Crippen LogP contribution in [0.2, 0.25) is 0 Å². The van der Waals surface area contributed by atoms with Crippen LogP contribution in [0.15, 0.2) is 41.9 Å². The Morgan fingerprint density at radius 1 is 1.29 bits per heavy atom. The summed E-state index contributed by atoms with van der Waals surface area (Å²) < 4.78 is 21.4. The van der Waals surface area contributed by atoms with E-state index in [1.54, 1.807) is 49.0 Å². The molecule has 0 radical (unpaired) electrons. The number of unbranched alkanes of at least 4 members (excludes halogenated alkanes) is 3. The molecule has 0 aliphatic heterocycles. The number of aromatic nitrogens is 1. The lowest BCUT2D eigenvalue weighted by atomic mass is 10.1. The number of thiazole rings is 1. The monoisotopic (exact) mass is 396 g/mol. The molecule has 0 saturated carbocycles. The zero-order valence-corrected chi connectivity index (χ0v) is 16.5. The maximum atomic E-state index is 14.9. The Kier molecular flexibility index (Phi) is 6.62. The number of fused-ring (bicyclic) bond motifs is 1. The van der Waals surface area contributed by atoms with Crippen LogP contribution in [0, 0.1) is 18.2 Å². The highest BCUT2D eigenvalue weighted by Crippen LogP contribution is 2.29. The van der Waals surface area contributed by atoms with Crippen molar-refractivity contribution < 1.29 is 13.9 Å². The van der Waals surface area contributed by atoms with Crippen LogP contribution in [0.3, 0.4) is 0 Å². The Hall–Kier alpha value is -2.91. The average Bonchev–Trinajstić information content (AvgIpc) is 3.18. The normalized spacial score (nSPS) is 10.6. The highest BCUT2D eigenvalue weighted by atomic mass is 32.1. The number of amides is 1. The molecule has 0 saturated heterocycles. The Bertz CT molecular complexity index is 1010. The van der Waals surface area contributed by atoms with Gasteiger partial charge in [-0.3, -0.25) is 4.79 Å². The minimum absolute atomic E-state index is 0.145. The van der Waals surface area contributed by atoms with Gasteiger partial charge in [-0.1, -0.05) is 6.07 Å². The number of terminal acetylenes is 1. The molecular formula is C22H21FN2O2S. The molecule has 0 aliphatic carbocycles.